The average Bonchev–Trinajstić information content (AvgIpc) is 2.36. The third kappa shape index (κ3) is 3.57. The van der Waals surface area contributed by atoms with Gasteiger partial charge in [0.25, 0.3) is 0 Å². The highest BCUT2D eigenvalue weighted by molar-refractivity contribution is 7.99. The molecular weight excluding hydrogens is 314 g/mol. The molecule has 0 bridgehead atoms. The van der Waals surface area contributed by atoms with Gasteiger partial charge in [-0.15, -0.1) is 12.6 Å². The van der Waals surface area contributed by atoms with Crippen molar-refractivity contribution in [2.24, 2.45) is 0 Å². The van der Waals surface area contributed by atoms with E-state index in [1.54, 1.807) is 11.8 Å². The Labute approximate surface area is 134 Å². The zero-order valence-electron chi connectivity index (χ0n) is 10.6. The van der Waals surface area contributed by atoms with Gasteiger partial charge in [-0.05, 0) is 49.2 Å². The van der Waals surface area contributed by atoms with Crippen molar-refractivity contribution in [3.05, 3.63) is 46.5 Å². The summed E-state index contributed by atoms with van der Waals surface area (Å²) < 4.78 is 2.91. The van der Waals surface area contributed by atoms with Gasteiger partial charge in [0.15, 0.2) is 0 Å². The fourth-order valence-corrected chi connectivity index (χ4v) is 3.47. The van der Waals surface area contributed by atoms with Crippen LogP contribution in [0.1, 0.15) is 11.1 Å². The standard InChI is InChI=1S/C14H14ClNS3/c1-8-3-4-13(10(15)5-8)19-14-7-12(17)9(2)6-11(14)16-18/h3-7,16-18H,1-2H3. The molecule has 1 nitrogen and oxygen atoms in total. The number of nitrogens with one attached hydrogen (secondary N) is 1. The Morgan fingerprint density at radius 1 is 1.11 bits per heavy atom. The average molecular weight is 328 g/mol. The van der Waals surface area contributed by atoms with Gasteiger partial charge in [0.2, 0.25) is 0 Å². The molecule has 0 aliphatic carbocycles. The molecule has 0 saturated heterocycles. The summed E-state index contributed by atoms with van der Waals surface area (Å²) in [6.07, 6.45) is 0. The Hall–Kier alpha value is -0.420. The first-order valence-electron chi connectivity index (χ1n) is 5.69. The summed E-state index contributed by atoms with van der Waals surface area (Å²) >= 11 is 16.5. The maximum Gasteiger partial charge on any atom is 0.0582 e. The van der Waals surface area contributed by atoms with Gasteiger partial charge in [-0.3, -0.25) is 0 Å². The zero-order valence-corrected chi connectivity index (χ0v) is 13.9. The van der Waals surface area contributed by atoms with Crippen molar-refractivity contribution in [2.75, 3.05) is 4.72 Å². The minimum absolute atomic E-state index is 0.761. The van der Waals surface area contributed by atoms with Crippen molar-refractivity contribution < 1.29 is 0 Å². The van der Waals surface area contributed by atoms with E-state index in [1.165, 1.54) is 0 Å². The topological polar surface area (TPSA) is 12.0 Å². The first-order valence-corrected chi connectivity index (χ1v) is 7.78. The van der Waals surface area contributed by atoms with Crippen LogP contribution in [0.25, 0.3) is 0 Å². The highest BCUT2D eigenvalue weighted by Gasteiger charge is 2.09. The Kier molecular flexibility index (Phi) is 5.01. The van der Waals surface area contributed by atoms with Crippen LogP contribution in [0, 0.1) is 13.8 Å². The smallest absolute Gasteiger partial charge is 0.0582 e. The second kappa shape index (κ2) is 6.35. The molecule has 0 unspecified atom stereocenters. The van der Waals surface area contributed by atoms with E-state index in [9.17, 15) is 0 Å². The fourth-order valence-electron chi connectivity index (χ4n) is 1.66. The highest BCUT2D eigenvalue weighted by atomic mass is 35.5. The van der Waals surface area contributed by atoms with E-state index in [-0.39, 0.29) is 0 Å². The van der Waals surface area contributed by atoms with Crippen molar-refractivity contribution in [3.8, 4) is 0 Å². The Balaban J connectivity index is 2.40. The van der Waals surface area contributed by atoms with Gasteiger partial charge in [0.05, 0.1) is 10.7 Å². The van der Waals surface area contributed by atoms with E-state index in [0.717, 1.165) is 36.5 Å². The van der Waals surface area contributed by atoms with Crippen LogP contribution in [0.15, 0.2) is 45.0 Å². The highest BCUT2D eigenvalue weighted by Crippen LogP contribution is 2.39. The fraction of sp³-hybridized carbons (Fsp3) is 0.143. The summed E-state index contributed by atoms with van der Waals surface area (Å²) in [5, 5.41) is 0.761. The number of halogens is 1. The molecule has 19 heavy (non-hydrogen) atoms. The number of aryl methyl sites for hydroxylation is 2. The van der Waals surface area contributed by atoms with Crippen LogP contribution in [-0.4, -0.2) is 0 Å². The lowest BCUT2D eigenvalue weighted by atomic mass is 10.2. The van der Waals surface area contributed by atoms with Crippen LogP contribution in [0.3, 0.4) is 0 Å². The summed E-state index contributed by atoms with van der Waals surface area (Å²) in [5.74, 6) is 0. The van der Waals surface area contributed by atoms with Crippen molar-refractivity contribution in [1.82, 2.24) is 0 Å². The predicted molar refractivity (Wildman–Crippen MR) is 91.4 cm³/mol. The third-order valence-corrected chi connectivity index (χ3v) is 5.01. The van der Waals surface area contributed by atoms with Crippen LogP contribution < -0.4 is 4.72 Å². The Bertz CT molecular complexity index is 614. The summed E-state index contributed by atoms with van der Waals surface area (Å²) in [6, 6.07) is 10.1. The minimum Gasteiger partial charge on any atom is -0.331 e. The molecule has 0 heterocycles. The second-order valence-corrected chi connectivity index (χ2v) is 6.48. The van der Waals surface area contributed by atoms with Crippen LogP contribution in [0.5, 0.6) is 0 Å². The van der Waals surface area contributed by atoms with E-state index >= 15 is 0 Å². The molecular formula is C14H14ClNS3. The lowest BCUT2D eigenvalue weighted by Crippen LogP contribution is -1.88. The molecule has 100 valence electrons. The molecule has 2 aromatic rings. The second-order valence-electron chi connectivity index (χ2n) is 4.28. The van der Waals surface area contributed by atoms with Gasteiger partial charge in [-0.25, -0.2) is 0 Å². The molecule has 0 aliphatic heterocycles. The number of thiol groups is 2. The summed E-state index contributed by atoms with van der Waals surface area (Å²) in [7, 11) is 0. The summed E-state index contributed by atoms with van der Waals surface area (Å²) in [4.78, 5) is 3.03. The SMILES string of the molecule is Cc1ccc(Sc2cc(S)c(C)cc2NS)c(Cl)c1. The summed E-state index contributed by atoms with van der Waals surface area (Å²) in [6.45, 7) is 4.04. The molecule has 5 heteroatoms. The molecule has 1 N–H and O–H groups in total. The van der Waals surface area contributed by atoms with Gasteiger partial charge in [0.1, 0.15) is 0 Å². The molecule has 0 fully saturated rings. The molecule has 0 aliphatic rings. The van der Waals surface area contributed by atoms with Crippen molar-refractivity contribution in [3.63, 3.8) is 0 Å². The van der Waals surface area contributed by atoms with E-state index in [2.05, 4.69) is 36.2 Å². The quantitative estimate of drug-likeness (QED) is 0.629. The Morgan fingerprint density at radius 2 is 1.84 bits per heavy atom. The zero-order chi connectivity index (χ0) is 14.0. The van der Waals surface area contributed by atoms with Crippen LogP contribution >= 0.6 is 48.8 Å². The van der Waals surface area contributed by atoms with Crippen molar-refractivity contribution >= 4 is 54.5 Å². The summed E-state index contributed by atoms with van der Waals surface area (Å²) in [5.41, 5.74) is 3.22. The molecule has 0 amide bonds. The molecule has 0 spiro atoms. The maximum atomic E-state index is 6.27. The molecule has 0 saturated carbocycles. The lowest BCUT2D eigenvalue weighted by Gasteiger charge is -2.12. The number of hydrogen-bond donors (Lipinski definition) is 3. The number of rotatable bonds is 3. The van der Waals surface area contributed by atoms with Gasteiger partial charge in [0, 0.05) is 14.7 Å². The molecule has 0 atom stereocenters. The predicted octanol–water partition coefficient (Wildman–Crippen LogP) is 5.65. The lowest BCUT2D eigenvalue weighted by molar-refractivity contribution is 1.24. The van der Waals surface area contributed by atoms with Crippen LogP contribution in [0.4, 0.5) is 5.69 Å². The van der Waals surface area contributed by atoms with Crippen molar-refractivity contribution in [2.45, 2.75) is 28.5 Å². The monoisotopic (exact) mass is 327 g/mol. The molecule has 0 aromatic heterocycles. The van der Waals surface area contributed by atoms with E-state index in [4.69, 9.17) is 11.6 Å². The minimum atomic E-state index is 0.761. The third-order valence-electron chi connectivity index (χ3n) is 2.73. The van der Waals surface area contributed by atoms with Gasteiger partial charge >= 0.3 is 0 Å². The van der Waals surface area contributed by atoms with Crippen LogP contribution in [0.2, 0.25) is 5.02 Å². The largest absolute Gasteiger partial charge is 0.331 e. The van der Waals surface area contributed by atoms with Gasteiger partial charge in [-0.2, -0.15) is 0 Å². The van der Waals surface area contributed by atoms with E-state index < -0.39 is 0 Å². The van der Waals surface area contributed by atoms with Crippen LogP contribution in [-0.2, 0) is 0 Å². The molecule has 2 rings (SSSR count). The maximum absolute atomic E-state index is 6.27. The number of hydrogen-bond acceptors (Lipinski definition) is 4. The Morgan fingerprint density at radius 3 is 2.47 bits per heavy atom. The first kappa shape index (κ1) is 15.0. The van der Waals surface area contributed by atoms with Crippen molar-refractivity contribution in [1.29, 1.82) is 0 Å². The number of anilines is 1. The van der Waals surface area contributed by atoms with E-state index in [1.807, 2.05) is 38.1 Å². The number of benzene rings is 2. The van der Waals surface area contributed by atoms with Gasteiger partial charge < -0.3 is 4.72 Å². The normalized spacial score (nSPS) is 10.6. The van der Waals surface area contributed by atoms with Gasteiger partial charge in [-0.1, -0.05) is 42.2 Å². The van der Waals surface area contributed by atoms with E-state index in [0.29, 0.717) is 0 Å². The molecule has 2 aromatic carbocycles. The first-order chi connectivity index (χ1) is 9.01. The molecule has 0 radical (unpaired) electrons.